The van der Waals surface area contributed by atoms with Gasteiger partial charge in [-0.1, -0.05) is 13.8 Å². The topological polar surface area (TPSA) is 159 Å². The first-order chi connectivity index (χ1) is 11.4. The van der Waals surface area contributed by atoms with Crippen molar-refractivity contribution in [2.45, 2.75) is 26.5 Å². The van der Waals surface area contributed by atoms with Gasteiger partial charge in [0.25, 0.3) is 5.91 Å². The Morgan fingerprint density at radius 1 is 1.25 bits per heavy atom. The van der Waals surface area contributed by atoms with E-state index in [-0.39, 0.29) is 36.0 Å². The predicted molar refractivity (Wildman–Crippen MR) is 83.2 cm³/mol. The van der Waals surface area contributed by atoms with Crippen LogP contribution in [0.25, 0.3) is 0 Å². The maximum atomic E-state index is 12.2. The number of rotatable bonds is 6. The third kappa shape index (κ3) is 4.41. The Morgan fingerprint density at radius 2 is 1.92 bits per heavy atom. The van der Waals surface area contributed by atoms with Crippen LogP contribution in [0.5, 0.6) is 0 Å². The number of nitrogens with two attached hydrogens (primary N) is 2. The maximum absolute atomic E-state index is 12.2. The summed E-state index contributed by atoms with van der Waals surface area (Å²) in [5.74, 6) is -1.27. The fourth-order valence-corrected chi connectivity index (χ4v) is 1.86. The number of carbonyl (C=O) groups is 2. The van der Waals surface area contributed by atoms with Crippen molar-refractivity contribution in [3.63, 3.8) is 0 Å². The number of nitrogens with one attached hydrogen (secondary N) is 1. The molecule has 0 radical (unpaired) electrons. The molecule has 0 bridgehead atoms. The number of hydrogen-bond acceptors (Lipinski definition) is 9. The highest BCUT2D eigenvalue weighted by Gasteiger charge is 2.27. The fraction of sp³-hybridized carbons (Fsp3) is 0.357. The number of carbonyl (C=O) groups excluding carboxylic acids is 2. The maximum Gasteiger partial charge on any atom is 0.329 e. The number of nitrogens with zero attached hydrogens (tertiary/aromatic N) is 3. The van der Waals surface area contributed by atoms with Gasteiger partial charge in [0.05, 0.1) is 6.26 Å². The van der Waals surface area contributed by atoms with E-state index >= 15 is 0 Å². The van der Waals surface area contributed by atoms with Gasteiger partial charge in [-0.05, 0) is 18.1 Å². The van der Waals surface area contributed by atoms with Gasteiger partial charge < -0.3 is 25.9 Å². The number of furan rings is 1. The van der Waals surface area contributed by atoms with Gasteiger partial charge in [0.15, 0.2) is 18.2 Å². The van der Waals surface area contributed by atoms with Crippen LogP contribution in [0.15, 0.2) is 22.8 Å². The molecular weight excluding hydrogens is 316 g/mol. The number of aromatic nitrogens is 3. The highest BCUT2D eigenvalue weighted by molar-refractivity contribution is 5.94. The van der Waals surface area contributed by atoms with Crippen LogP contribution in [0.4, 0.5) is 11.9 Å². The molecule has 0 aromatic carbocycles. The zero-order chi connectivity index (χ0) is 17.7. The summed E-state index contributed by atoms with van der Waals surface area (Å²) in [6.07, 6.45) is 1.37. The summed E-state index contributed by atoms with van der Waals surface area (Å²) in [6, 6.07) is 2.21. The predicted octanol–water partition coefficient (Wildman–Crippen LogP) is 0.127. The summed E-state index contributed by atoms with van der Waals surface area (Å²) in [4.78, 5) is 35.5. The van der Waals surface area contributed by atoms with Crippen LogP contribution < -0.4 is 16.8 Å². The number of ether oxygens (including phenoxy) is 1. The second-order valence-electron chi connectivity index (χ2n) is 5.25. The van der Waals surface area contributed by atoms with E-state index in [9.17, 15) is 9.59 Å². The molecule has 0 saturated carbocycles. The standard InChI is InChI=1S/C14H18N6O4/c1-7(2)10(19-11(21)8-4-3-5-23-8)12(22)24-6-9-17-13(15)20-14(16)18-9/h3-5,7,10H,6H2,1-2H3,(H,19,21)(H4,15,16,17,18,20)/t10-/m0/s1. The molecule has 1 atom stereocenters. The Kier molecular flexibility index (Phi) is 5.30. The highest BCUT2D eigenvalue weighted by Crippen LogP contribution is 2.09. The zero-order valence-corrected chi connectivity index (χ0v) is 13.2. The summed E-state index contributed by atoms with van der Waals surface area (Å²) >= 11 is 0. The number of anilines is 2. The van der Waals surface area contributed by atoms with E-state index in [4.69, 9.17) is 20.6 Å². The van der Waals surface area contributed by atoms with Crippen LogP contribution >= 0.6 is 0 Å². The van der Waals surface area contributed by atoms with Crippen LogP contribution in [-0.4, -0.2) is 32.9 Å². The van der Waals surface area contributed by atoms with Crippen LogP contribution in [0.2, 0.25) is 0 Å². The van der Waals surface area contributed by atoms with Gasteiger partial charge in [-0.15, -0.1) is 0 Å². The molecule has 10 heteroatoms. The lowest BCUT2D eigenvalue weighted by Crippen LogP contribution is -2.45. The van der Waals surface area contributed by atoms with Crippen molar-refractivity contribution < 1.29 is 18.7 Å². The molecule has 0 fully saturated rings. The van der Waals surface area contributed by atoms with Gasteiger partial charge >= 0.3 is 5.97 Å². The molecule has 10 nitrogen and oxygen atoms in total. The molecule has 128 valence electrons. The molecule has 24 heavy (non-hydrogen) atoms. The second-order valence-corrected chi connectivity index (χ2v) is 5.25. The molecule has 2 aromatic heterocycles. The van der Waals surface area contributed by atoms with Gasteiger partial charge in [-0.3, -0.25) is 4.79 Å². The Bertz CT molecular complexity index is 696. The number of nitrogen functional groups attached to an aromatic ring is 2. The van der Waals surface area contributed by atoms with Crippen LogP contribution in [0, 0.1) is 5.92 Å². The van der Waals surface area contributed by atoms with E-state index < -0.39 is 17.9 Å². The van der Waals surface area contributed by atoms with Crippen LogP contribution in [0.1, 0.15) is 30.2 Å². The SMILES string of the molecule is CC(C)[C@H](NC(=O)c1ccco1)C(=O)OCc1nc(N)nc(N)n1. The van der Waals surface area contributed by atoms with Crippen molar-refractivity contribution in [3.8, 4) is 0 Å². The number of hydrogen-bond donors (Lipinski definition) is 3. The van der Waals surface area contributed by atoms with E-state index in [1.807, 2.05) is 0 Å². The molecule has 0 saturated heterocycles. The number of amides is 1. The smallest absolute Gasteiger partial charge is 0.329 e. The molecule has 0 spiro atoms. The van der Waals surface area contributed by atoms with E-state index in [1.165, 1.54) is 12.3 Å². The van der Waals surface area contributed by atoms with Gasteiger partial charge in [0.2, 0.25) is 11.9 Å². The Hall–Kier alpha value is -3.17. The summed E-state index contributed by atoms with van der Waals surface area (Å²) in [5, 5.41) is 2.57. The van der Waals surface area contributed by atoms with Crippen molar-refractivity contribution in [2.24, 2.45) is 5.92 Å². The molecular formula is C14H18N6O4. The first kappa shape index (κ1) is 17.2. The molecule has 0 aliphatic carbocycles. The Morgan fingerprint density at radius 3 is 2.46 bits per heavy atom. The minimum absolute atomic E-state index is 0.0694. The monoisotopic (exact) mass is 334 g/mol. The van der Waals surface area contributed by atoms with Gasteiger partial charge in [-0.25, -0.2) is 4.79 Å². The summed E-state index contributed by atoms with van der Waals surface area (Å²) in [7, 11) is 0. The first-order valence-corrected chi connectivity index (χ1v) is 7.13. The van der Waals surface area contributed by atoms with E-state index in [0.29, 0.717) is 0 Å². The zero-order valence-electron chi connectivity index (χ0n) is 13.2. The second kappa shape index (κ2) is 7.40. The molecule has 1 amide bonds. The molecule has 0 aliphatic heterocycles. The molecule has 2 heterocycles. The van der Waals surface area contributed by atoms with E-state index in [1.54, 1.807) is 19.9 Å². The third-order valence-corrected chi connectivity index (χ3v) is 3.01. The lowest BCUT2D eigenvalue weighted by Gasteiger charge is -2.20. The number of esters is 1. The van der Waals surface area contributed by atoms with E-state index in [0.717, 1.165) is 0 Å². The lowest BCUT2D eigenvalue weighted by atomic mass is 10.0. The molecule has 5 N–H and O–H groups in total. The van der Waals surface area contributed by atoms with Crippen molar-refractivity contribution in [1.29, 1.82) is 0 Å². The average Bonchev–Trinajstić information content (AvgIpc) is 3.03. The Labute approximate surface area is 137 Å². The summed E-state index contributed by atoms with van der Waals surface area (Å²) in [6.45, 7) is 3.30. The highest BCUT2D eigenvalue weighted by atomic mass is 16.5. The molecule has 0 unspecified atom stereocenters. The van der Waals surface area contributed by atoms with Crippen molar-refractivity contribution in [1.82, 2.24) is 20.3 Å². The van der Waals surface area contributed by atoms with Gasteiger partial charge in [0, 0.05) is 0 Å². The van der Waals surface area contributed by atoms with Crippen molar-refractivity contribution in [3.05, 3.63) is 30.0 Å². The Balaban J connectivity index is 1.99. The van der Waals surface area contributed by atoms with Crippen molar-refractivity contribution >= 4 is 23.8 Å². The summed E-state index contributed by atoms with van der Waals surface area (Å²) < 4.78 is 10.1. The van der Waals surface area contributed by atoms with Crippen molar-refractivity contribution in [2.75, 3.05) is 11.5 Å². The normalized spacial score (nSPS) is 12.0. The molecule has 2 rings (SSSR count). The largest absolute Gasteiger partial charge is 0.459 e. The minimum Gasteiger partial charge on any atom is -0.459 e. The van der Waals surface area contributed by atoms with Gasteiger partial charge in [0.1, 0.15) is 6.04 Å². The van der Waals surface area contributed by atoms with Gasteiger partial charge in [-0.2, -0.15) is 15.0 Å². The van der Waals surface area contributed by atoms with Crippen LogP contribution in [-0.2, 0) is 16.1 Å². The fourth-order valence-electron chi connectivity index (χ4n) is 1.86. The minimum atomic E-state index is -0.862. The average molecular weight is 334 g/mol. The van der Waals surface area contributed by atoms with Crippen LogP contribution in [0.3, 0.4) is 0 Å². The lowest BCUT2D eigenvalue weighted by molar-refractivity contribution is -0.148. The molecule has 0 aliphatic rings. The molecule has 2 aromatic rings. The van der Waals surface area contributed by atoms with E-state index in [2.05, 4.69) is 20.3 Å². The quantitative estimate of drug-likeness (QED) is 0.624. The summed E-state index contributed by atoms with van der Waals surface area (Å²) in [5.41, 5.74) is 10.9. The third-order valence-electron chi connectivity index (χ3n) is 3.01. The first-order valence-electron chi connectivity index (χ1n) is 7.13.